The predicted molar refractivity (Wildman–Crippen MR) is 132 cm³/mol. The molecular weight excluding hydrogens is 470 g/mol. The molecule has 1 saturated heterocycles. The van der Waals surface area contributed by atoms with Crippen LogP contribution in [0.3, 0.4) is 0 Å². The number of thiazole rings is 1. The maximum atomic E-state index is 13.4. The molecule has 3 aromatic rings. The number of primary sulfonamides is 1. The fraction of sp³-hybridized carbons (Fsp3) is 0.360. The Labute approximate surface area is 203 Å². The SMILES string of the molecule is CC1CN(C(=O)c2nc(-c3ccc4c(c3)CCC4)c(-c3ccc(S(N)(=O)=O)cc3)s2)CC(C)O1. The van der Waals surface area contributed by atoms with Crippen molar-refractivity contribution in [2.24, 2.45) is 5.14 Å². The van der Waals surface area contributed by atoms with Crippen molar-refractivity contribution in [3.63, 3.8) is 0 Å². The summed E-state index contributed by atoms with van der Waals surface area (Å²) in [5.74, 6) is -0.109. The Morgan fingerprint density at radius 3 is 2.35 bits per heavy atom. The molecule has 178 valence electrons. The number of carbonyl (C=O) groups excluding carboxylic acids is 1. The lowest BCUT2D eigenvalue weighted by Crippen LogP contribution is -2.48. The number of fused-ring (bicyclic) bond motifs is 1. The second-order valence-electron chi connectivity index (χ2n) is 9.07. The van der Waals surface area contributed by atoms with Crippen molar-refractivity contribution in [3.05, 3.63) is 58.6 Å². The topological polar surface area (TPSA) is 103 Å². The van der Waals surface area contributed by atoms with Gasteiger partial charge in [0.15, 0.2) is 5.01 Å². The summed E-state index contributed by atoms with van der Waals surface area (Å²) in [7, 11) is -3.79. The van der Waals surface area contributed by atoms with Gasteiger partial charge in [0.25, 0.3) is 5.91 Å². The minimum Gasteiger partial charge on any atom is -0.372 e. The summed E-state index contributed by atoms with van der Waals surface area (Å²) >= 11 is 1.33. The third kappa shape index (κ3) is 4.53. The summed E-state index contributed by atoms with van der Waals surface area (Å²) in [5, 5.41) is 5.69. The van der Waals surface area contributed by atoms with E-state index in [0.29, 0.717) is 18.1 Å². The molecule has 1 aromatic heterocycles. The van der Waals surface area contributed by atoms with Gasteiger partial charge in [-0.15, -0.1) is 11.3 Å². The normalized spacial score (nSPS) is 20.4. The van der Waals surface area contributed by atoms with Gasteiger partial charge in [-0.1, -0.05) is 24.3 Å². The maximum Gasteiger partial charge on any atom is 0.283 e. The summed E-state index contributed by atoms with van der Waals surface area (Å²) in [6, 6.07) is 12.8. The van der Waals surface area contributed by atoms with E-state index in [2.05, 4.69) is 18.2 Å². The van der Waals surface area contributed by atoms with Crippen LogP contribution in [-0.4, -0.2) is 49.5 Å². The minimum atomic E-state index is -3.79. The van der Waals surface area contributed by atoms with Gasteiger partial charge in [0.05, 0.1) is 27.7 Å². The third-order valence-electron chi connectivity index (χ3n) is 6.33. The second-order valence-corrected chi connectivity index (χ2v) is 11.6. The van der Waals surface area contributed by atoms with E-state index in [1.165, 1.54) is 34.6 Å². The van der Waals surface area contributed by atoms with Crippen molar-refractivity contribution in [3.8, 4) is 21.7 Å². The van der Waals surface area contributed by atoms with Crippen LogP contribution >= 0.6 is 11.3 Å². The van der Waals surface area contributed by atoms with Gasteiger partial charge >= 0.3 is 0 Å². The molecule has 1 fully saturated rings. The van der Waals surface area contributed by atoms with Crippen LogP contribution in [0.5, 0.6) is 0 Å². The van der Waals surface area contributed by atoms with Gasteiger partial charge in [-0.2, -0.15) is 0 Å². The molecule has 0 saturated carbocycles. The molecule has 9 heteroatoms. The molecule has 7 nitrogen and oxygen atoms in total. The maximum absolute atomic E-state index is 13.4. The lowest BCUT2D eigenvalue weighted by molar-refractivity contribution is -0.0586. The van der Waals surface area contributed by atoms with E-state index < -0.39 is 10.0 Å². The largest absolute Gasteiger partial charge is 0.372 e. The number of aryl methyl sites for hydroxylation is 2. The number of carbonyl (C=O) groups is 1. The van der Waals surface area contributed by atoms with E-state index in [9.17, 15) is 13.2 Å². The van der Waals surface area contributed by atoms with Crippen molar-refractivity contribution >= 4 is 27.3 Å². The predicted octanol–water partition coefficient (Wildman–Crippen LogP) is 3.86. The summed E-state index contributed by atoms with van der Waals surface area (Å²) in [6.45, 7) is 4.98. The first-order valence-corrected chi connectivity index (χ1v) is 13.8. The van der Waals surface area contributed by atoms with Crippen LogP contribution in [0.1, 0.15) is 41.2 Å². The molecule has 2 N–H and O–H groups in total. The number of sulfonamides is 1. The second kappa shape index (κ2) is 8.88. The van der Waals surface area contributed by atoms with E-state index in [-0.39, 0.29) is 23.0 Å². The number of rotatable bonds is 4. The molecule has 1 aliphatic carbocycles. The first-order valence-electron chi connectivity index (χ1n) is 11.4. The average Bonchev–Trinajstić information content (AvgIpc) is 3.44. The molecule has 1 amide bonds. The Bertz CT molecular complexity index is 1340. The lowest BCUT2D eigenvalue weighted by atomic mass is 10.0. The Morgan fingerprint density at radius 2 is 1.68 bits per heavy atom. The van der Waals surface area contributed by atoms with Crippen molar-refractivity contribution in [2.75, 3.05) is 13.1 Å². The summed E-state index contributed by atoms with van der Waals surface area (Å²) in [4.78, 5) is 20.9. The fourth-order valence-corrected chi connectivity index (χ4v) is 6.37. The van der Waals surface area contributed by atoms with Crippen LogP contribution in [0.2, 0.25) is 0 Å². The number of nitrogens with zero attached hydrogens (tertiary/aromatic N) is 2. The van der Waals surface area contributed by atoms with Gasteiger partial charge in [0.2, 0.25) is 10.0 Å². The Balaban J connectivity index is 1.58. The molecule has 2 unspecified atom stereocenters. The number of morpholine rings is 1. The highest BCUT2D eigenvalue weighted by Crippen LogP contribution is 2.39. The highest BCUT2D eigenvalue weighted by molar-refractivity contribution is 7.89. The summed E-state index contributed by atoms with van der Waals surface area (Å²) < 4.78 is 29.2. The molecule has 2 aromatic carbocycles. The molecule has 2 heterocycles. The quantitative estimate of drug-likeness (QED) is 0.590. The van der Waals surface area contributed by atoms with Crippen molar-refractivity contribution in [1.82, 2.24) is 9.88 Å². The molecule has 34 heavy (non-hydrogen) atoms. The van der Waals surface area contributed by atoms with Gasteiger partial charge in [-0.05, 0) is 68.0 Å². The fourth-order valence-electron chi connectivity index (χ4n) is 4.80. The number of ether oxygens (including phenoxy) is 1. The first kappa shape index (κ1) is 23.2. The molecular formula is C25H27N3O4S2. The van der Waals surface area contributed by atoms with Gasteiger partial charge in [-0.3, -0.25) is 4.79 Å². The molecule has 1 aliphatic heterocycles. The van der Waals surface area contributed by atoms with Crippen LogP contribution in [-0.2, 0) is 27.6 Å². The van der Waals surface area contributed by atoms with Gasteiger partial charge in [-0.25, -0.2) is 18.5 Å². The Morgan fingerprint density at radius 1 is 1.03 bits per heavy atom. The summed E-state index contributed by atoms with van der Waals surface area (Å²) in [6.07, 6.45) is 3.21. The molecule has 2 atom stereocenters. The standard InChI is InChI=1S/C25H27N3O4S2/c1-15-13-28(14-16(2)32-15)25(29)24-27-22(20-7-6-17-4-3-5-19(17)12-20)23(33-24)18-8-10-21(11-9-18)34(26,30)31/h6-12,15-16H,3-5,13-14H2,1-2H3,(H2,26,30,31). The molecule has 2 aliphatic rings. The average molecular weight is 498 g/mol. The smallest absolute Gasteiger partial charge is 0.283 e. The third-order valence-corrected chi connectivity index (χ3v) is 8.36. The minimum absolute atomic E-state index is 0.0333. The van der Waals surface area contributed by atoms with E-state index in [1.54, 1.807) is 17.0 Å². The van der Waals surface area contributed by atoms with Crippen molar-refractivity contribution < 1.29 is 17.9 Å². The molecule has 0 radical (unpaired) electrons. The lowest BCUT2D eigenvalue weighted by Gasteiger charge is -2.34. The van der Waals surface area contributed by atoms with Crippen LogP contribution in [0, 0.1) is 0 Å². The zero-order valence-electron chi connectivity index (χ0n) is 19.2. The number of nitrogens with two attached hydrogens (primary N) is 1. The number of hydrogen-bond donors (Lipinski definition) is 1. The highest BCUT2D eigenvalue weighted by Gasteiger charge is 2.30. The van der Waals surface area contributed by atoms with Gasteiger partial charge in [0.1, 0.15) is 0 Å². The van der Waals surface area contributed by atoms with Crippen LogP contribution < -0.4 is 5.14 Å². The van der Waals surface area contributed by atoms with E-state index in [1.807, 2.05) is 13.8 Å². The zero-order valence-corrected chi connectivity index (χ0v) is 20.8. The number of aromatic nitrogens is 1. The van der Waals surface area contributed by atoms with E-state index >= 15 is 0 Å². The Kier molecular flexibility index (Phi) is 6.05. The summed E-state index contributed by atoms with van der Waals surface area (Å²) in [5.41, 5.74) is 5.18. The molecule has 5 rings (SSSR count). The van der Waals surface area contributed by atoms with Gasteiger partial charge < -0.3 is 9.64 Å². The van der Waals surface area contributed by atoms with Crippen molar-refractivity contribution in [1.29, 1.82) is 0 Å². The number of amides is 1. The van der Waals surface area contributed by atoms with Crippen LogP contribution in [0.4, 0.5) is 0 Å². The van der Waals surface area contributed by atoms with Crippen molar-refractivity contribution in [2.45, 2.75) is 50.2 Å². The Hall–Kier alpha value is -2.59. The first-order chi connectivity index (χ1) is 16.2. The number of benzene rings is 2. The highest BCUT2D eigenvalue weighted by atomic mass is 32.2. The molecule has 0 bridgehead atoms. The number of hydrogen-bond acceptors (Lipinski definition) is 6. The van der Waals surface area contributed by atoms with Crippen LogP contribution in [0.25, 0.3) is 21.7 Å². The monoisotopic (exact) mass is 497 g/mol. The van der Waals surface area contributed by atoms with Crippen LogP contribution in [0.15, 0.2) is 47.4 Å². The van der Waals surface area contributed by atoms with E-state index in [0.717, 1.165) is 41.0 Å². The molecule has 0 spiro atoms. The van der Waals surface area contributed by atoms with E-state index in [4.69, 9.17) is 14.9 Å². The van der Waals surface area contributed by atoms with Gasteiger partial charge in [0, 0.05) is 18.7 Å². The zero-order chi connectivity index (χ0) is 24.0.